The molecule has 0 atom stereocenters. The first-order valence-electron chi connectivity index (χ1n) is 9.77. The van der Waals surface area contributed by atoms with Crippen LogP contribution in [-0.2, 0) is 6.42 Å². The number of furan rings is 1. The minimum absolute atomic E-state index is 0.00689. The molecule has 0 amide bonds. The summed E-state index contributed by atoms with van der Waals surface area (Å²) in [4.78, 5) is 0. The molecule has 0 saturated carbocycles. The fourth-order valence-electron chi connectivity index (χ4n) is 2.73. The molecule has 0 saturated heterocycles. The predicted octanol–water partition coefficient (Wildman–Crippen LogP) is 8.27. The van der Waals surface area contributed by atoms with Crippen LogP contribution in [0.4, 0.5) is 4.39 Å². The summed E-state index contributed by atoms with van der Waals surface area (Å²) < 4.78 is 18.8. The highest BCUT2D eigenvalue weighted by atomic mass is 19.1. The van der Waals surface area contributed by atoms with Crippen LogP contribution in [0.15, 0.2) is 69.9 Å². The van der Waals surface area contributed by atoms with Gasteiger partial charge in [-0.05, 0) is 84.3 Å². The zero-order valence-corrected chi connectivity index (χ0v) is 17.0. The summed E-state index contributed by atoms with van der Waals surface area (Å²) in [5.74, 6) is -0.00689. The van der Waals surface area contributed by atoms with Gasteiger partial charge in [0.2, 0.25) is 0 Å². The lowest BCUT2D eigenvalue weighted by molar-refractivity contribution is 0.563. The highest BCUT2D eigenvalue weighted by Crippen LogP contribution is 2.15. The number of aryl methyl sites for hydroxylation is 1. The zero-order chi connectivity index (χ0) is 19.2. The van der Waals surface area contributed by atoms with Gasteiger partial charge in [0.05, 0.1) is 18.4 Å². The van der Waals surface area contributed by atoms with Crippen LogP contribution in [0.1, 0.15) is 78.2 Å². The van der Waals surface area contributed by atoms with Crippen LogP contribution >= 0.6 is 0 Å². The summed E-state index contributed by atoms with van der Waals surface area (Å²) in [6.45, 7) is 8.64. The van der Waals surface area contributed by atoms with Crippen molar-refractivity contribution in [1.82, 2.24) is 0 Å². The van der Waals surface area contributed by atoms with Gasteiger partial charge < -0.3 is 4.42 Å². The van der Waals surface area contributed by atoms with Crippen LogP contribution in [0.25, 0.3) is 0 Å². The quantitative estimate of drug-likeness (QED) is 0.343. The van der Waals surface area contributed by atoms with Gasteiger partial charge in [0, 0.05) is 6.42 Å². The van der Waals surface area contributed by atoms with Gasteiger partial charge in [0.15, 0.2) is 0 Å². The Labute approximate surface area is 159 Å². The molecular formula is C24H35FO. The maximum Gasteiger partial charge on any atom is 0.0963 e. The van der Waals surface area contributed by atoms with Gasteiger partial charge in [-0.25, -0.2) is 4.39 Å². The summed E-state index contributed by atoms with van der Waals surface area (Å²) in [6.07, 6.45) is 19.1. The minimum atomic E-state index is -0.00689. The third-order valence-electron chi connectivity index (χ3n) is 4.38. The minimum Gasteiger partial charge on any atom is -0.472 e. The van der Waals surface area contributed by atoms with E-state index in [0.29, 0.717) is 6.42 Å². The molecule has 0 aliphatic rings. The molecule has 0 aliphatic carbocycles. The molecule has 0 spiro atoms. The Bertz CT molecular complexity index is 611. The van der Waals surface area contributed by atoms with Crippen molar-refractivity contribution >= 4 is 0 Å². The molecule has 2 heteroatoms. The highest BCUT2D eigenvalue weighted by molar-refractivity contribution is 5.08. The predicted molar refractivity (Wildman–Crippen MR) is 111 cm³/mol. The van der Waals surface area contributed by atoms with Crippen LogP contribution in [0.2, 0.25) is 0 Å². The maximum absolute atomic E-state index is 13.8. The largest absolute Gasteiger partial charge is 0.472 e. The van der Waals surface area contributed by atoms with E-state index in [4.69, 9.17) is 4.42 Å². The van der Waals surface area contributed by atoms with E-state index < -0.39 is 0 Å². The lowest BCUT2D eigenvalue weighted by Crippen LogP contribution is -1.83. The fraction of sp³-hybridized carbons (Fsp3) is 0.500. The molecule has 26 heavy (non-hydrogen) atoms. The molecule has 0 radical (unpaired) electrons. The SMILES string of the molecule is CC(C)=CCC/C(C)=C/CC/C(C)=C/CC/C(F)=C/CCc1ccoc1. The van der Waals surface area contributed by atoms with Crippen molar-refractivity contribution in [2.45, 2.75) is 79.1 Å². The second kappa shape index (κ2) is 13.4. The number of hydrogen-bond acceptors (Lipinski definition) is 1. The molecule has 1 nitrogen and oxygen atoms in total. The average Bonchev–Trinajstić information content (AvgIpc) is 3.08. The van der Waals surface area contributed by atoms with E-state index in [0.717, 1.165) is 50.5 Å². The molecule has 1 heterocycles. The van der Waals surface area contributed by atoms with E-state index in [2.05, 4.69) is 45.9 Å². The number of hydrogen-bond donors (Lipinski definition) is 0. The van der Waals surface area contributed by atoms with E-state index in [9.17, 15) is 4.39 Å². The molecule has 0 fully saturated rings. The van der Waals surface area contributed by atoms with Gasteiger partial charge in [-0.15, -0.1) is 0 Å². The number of rotatable bonds is 12. The average molecular weight is 359 g/mol. The molecule has 0 N–H and O–H groups in total. The van der Waals surface area contributed by atoms with Gasteiger partial charge in [0.25, 0.3) is 0 Å². The third-order valence-corrected chi connectivity index (χ3v) is 4.38. The van der Waals surface area contributed by atoms with Gasteiger partial charge >= 0.3 is 0 Å². The lowest BCUT2D eigenvalue weighted by Gasteiger charge is -2.02. The van der Waals surface area contributed by atoms with Gasteiger partial charge in [-0.2, -0.15) is 0 Å². The Kier molecular flexibility index (Phi) is 11.4. The molecular weight excluding hydrogens is 323 g/mol. The first-order chi connectivity index (χ1) is 12.5. The van der Waals surface area contributed by atoms with Crippen molar-refractivity contribution < 1.29 is 8.81 Å². The van der Waals surface area contributed by atoms with Crippen molar-refractivity contribution in [1.29, 1.82) is 0 Å². The van der Waals surface area contributed by atoms with Crippen LogP contribution in [0.5, 0.6) is 0 Å². The molecule has 1 aromatic rings. The van der Waals surface area contributed by atoms with Crippen molar-refractivity contribution in [3.63, 3.8) is 0 Å². The lowest BCUT2D eigenvalue weighted by atomic mass is 10.1. The van der Waals surface area contributed by atoms with Crippen LogP contribution in [0.3, 0.4) is 0 Å². The summed E-state index contributed by atoms with van der Waals surface area (Å²) in [5, 5.41) is 0. The monoisotopic (exact) mass is 358 g/mol. The Morgan fingerprint density at radius 3 is 2.04 bits per heavy atom. The van der Waals surface area contributed by atoms with Gasteiger partial charge in [0.1, 0.15) is 0 Å². The maximum atomic E-state index is 13.8. The Morgan fingerprint density at radius 2 is 1.46 bits per heavy atom. The van der Waals surface area contributed by atoms with Crippen LogP contribution < -0.4 is 0 Å². The van der Waals surface area contributed by atoms with E-state index in [1.54, 1.807) is 18.6 Å². The van der Waals surface area contributed by atoms with E-state index in [1.807, 2.05) is 6.07 Å². The molecule has 1 aromatic heterocycles. The smallest absolute Gasteiger partial charge is 0.0963 e. The molecule has 0 aliphatic heterocycles. The Balaban J connectivity index is 2.18. The summed E-state index contributed by atoms with van der Waals surface area (Å²) >= 11 is 0. The zero-order valence-electron chi connectivity index (χ0n) is 17.0. The first-order valence-corrected chi connectivity index (χ1v) is 9.77. The van der Waals surface area contributed by atoms with E-state index in [-0.39, 0.29) is 5.83 Å². The molecule has 144 valence electrons. The molecule has 0 bridgehead atoms. The number of allylic oxidation sites excluding steroid dienone is 8. The summed E-state index contributed by atoms with van der Waals surface area (Å²) in [7, 11) is 0. The number of halogens is 1. The van der Waals surface area contributed by atoms with Gasteiger partial charge in [-0.3, -0.25) is 0 Å². The normalized spacial score (nSPS) is 13.2. The fourth-order valence-corrected chi connectivity index (χ4v) is 2.73. The van der Waals surface area contributed by atoms with Crippen molar-refractivity contribution in [2.75, 3.05) is 0 Å². The highest BCUT2D eigenvalue weighted by Gasteiger charge is 1.97. The second-order valence-corrected chi connectivity index (χ2v) is 7.32. The van der Waals surface area contributed by atoms with Crippen LogP contribution in [-0.4, -0.2) is 0 Å². The standard InChI is InChI=1S/C24H35FO/c1-20(2)9-5-10-21(3)11-6-12-22(4)13-7-15-24(25)16-8-14-23-17-18-26-19-23/h9,11,13,16-19H,5-8,10,12,14-15H2,1-4H3/b21-11+,22-13+,24-16-. The summed E-state index contributed by atoms with van der Waals surface area (Å²) in [5.41, 5.74) is 5.32. The molecule has 1 rings (SSSR count). The van der Waals surface area contributed by atoms with Gasteiger partial charge in [-0.1, -0.05) is 41.0 Å². The van der Waals surface area contributed by atoms with E-state index >= 15 is 0 Å². The Morgan fingerprint density at radius 1 is 0.846 bits per heavy atom. The van der Waals surface area contributed by atoms with E-state index in [1.165, 1.54) is 16.7 Å². The topological polar surface area (TPSA) is 13.1 Å². The second-order valence-electron chi connectivity index (χ2n) is 7.32. The molecule has 0 unspecified atom stereocenters. The third kappa shape index (κ3) is 11.7. The van der Waals surface area contributed by atoms with Crippen molar-refractivity contribution in [3.05, 3.63) is 71.0 Å². The molecule has 0 aromatic carbocycles. The van der Waals surface area contributed by atoms with Crippen molar-refractivity contribution in [3.8, 4) is 0 Å². The van der Waals surface area contributed by atoms with Crippen LogP contribution in [0, 0.1) is 0 Å². The van der Waals surface area contributed by atoms with Crippen molar-refractivity contribution in [2.24, 2.45) is 0 Å². The first kappa shape index (κ1) is 22.2. The Hall–Kier alpha value is -1.83. The summed E-state index contributed by atoms with van der Waals surface area (Å²) in [6, 6.07) is 1.93.